The van der Waals surface area contributed by atoms with Crippen LogP contribution in [-0.2, 0) is 0 Å². The van der Waals surface area contributed by atoms with Crippen LogP contribution in [0.1, 0.15) is 50.5 Å². The SMILES string of the molecule is C=C1C[C@@H](c2nc3c(C)c(Cl)ccc3[nH]2)N(C(=O)c2nc(C)sc2-c2ccc(C)c(C)c2)C1. The summed E-state index contributed by atoms with van der Waals surface area (Å²) in [6.45, 7) is 12.7. The zero-order chi connectivity index (χ0) is 23.4. The monoisotopic (exact) mass is 476 g/mol. The highest BCUT2D eigenvalue weighted by atomic mass is 35.5. The van der Waals surface area contributed by atoms with E-state index in [1.165, 1.54) is 11.1 Å². The number of rotatable bonds is 3. The number of fused-ring (bicyclic) bond motifs is 1. The molecule has 0 radical (unpaired) electrons. The summed E-state index contributed by atoms with van der Waals surface area (Å²) in [6, 6.07) is 9.87. The van der Waals surface area contributed by atoms with Gasteiger partial charge in [-0.1, -0.05) is 42.0 Å². The highest BCUT2D eigenvalue weighted by Crippen LogP contribution is 2.38. The van der Waals surface area contributed by atoms with E-state index in [0.717, 1.165) is 43.4 Å². The summed E-state index contributed by atoms with van der Waals surface area (Å²) in [6.07, 6.45) is 0.667. The third-order valence-electron chi connectivity index (χ3n) is 6.39. The summed E-state index contributed by atoms with van der Waals surface area (Å²) in [5.41, 5.74) is 7.62. The van der Waals surface area contributed by atoms with E-state index in [2.05, 4.69) is 48.6 Å². The number of imidazole rings is 1. The first-order chi connectivity index (χ1) is 15.7. The van der Waals surface area contributed by atoms with Gasteiger partial charge in [0.1, 0.15) is 11.5 Å². The minimum Gasteiger partial charge on any atom is -0.340 e. The second kappa shape index (κ2) is 8.12. The number of carbonyl (C=O) groups is 1. The van der Waals surface area contributed by atoms with Crippen molar-refractivity contribution in [1.82, 2.24) is 19.9 Å². The fourth-order valence-electron chi connectivity index (χ4n) is 4.41. The Morgan fingerprint density at radius 2 is 1.94 bits per heavy atom. The van der Waals surface area contributed by atoms with Gasteiger partial charge < -0.3 is 9.88 Å². The molecule has 2 aromatic carbocycles. The molecular formula is C26H25ClN4OS. The molecule has 1 aliphatic heterocycles. The summed E-state index contributed by atoms with van der Waals surface area (Å²) in [5, 5.41) is 1.55. The molecule has 5 rings (SSSR count). The predicted molar refractivity (Wildman–Crippen MR) is 135 cm³/mol. The Balaban J connectivity index is 1.55. The first kappa shape index (κ1) is 21.9. The number of thiazole rings is 1. The molecule has 1 N–H and O–H groups in total. The number of halogens is 1. The lowest BCUT2D eigenvalue weighted by atomic mass is 10.0. The molecule has 1 atom stereocenters. The fraction of sp³-hybridized carbons (Fsp3) is 0.269. The van der Waals surface area contributed by atoms with Gasteiger partial charge in [0, 0.05) is 11.6 Å². The molecule has 0 unspecified atom stereocenters. The number of H-pyrrole nitrogens is 1. The van der Waals surface area contributed by atoms with Crippen LogP contribution in [0.2, 0.25) is 5.02 Å². The molecular weight excluding hydrogens is 452 g/mol. The minimum absolute atomic E-state index is 0.0913. The van der Waals surface area contributed by atoms with Crippen LogP contribution in [0, 0.1) is 27.7 Å². The smallest absolute Gasteiger partial charge is 0.274 e. The van der Waals surface area contributed by atoms with Crippen LogP contribution in [0.15, 0.2) is 42.5 Å². The molecule has 0 spiro atoms. The predicted octanol–water partition coefficient (Wildman–Crippen LogP) is 6.72. The Labute approximate surface area is 202 Å². The number of nitrogens with one attached hydrogen (secondary N) is 1. The number of benzene rings is 2. The van der Waals surface area contributed by atoms with Crippen molar-refractivity contribution in [2.24, 2.45) is 0 Å². The Hall–Kier alpha value is -2.96. The van der Waals surface area contributed by atoms with Crippen molar-refractivity contribution >= 4 is 39.9 Å². The van der Waals surface area contributed by atoms with Gasteiger partial charge in [0.25, 0.3) is 5.91 Å². The van der Waals surface area contributed by atoms with Gasteiger partial charge in [-0.3, -0.25) is 4.79 Å². The number of aromatic nitrogens is 3. The van der Waals surface area contributed by atoms with Gasteiger partial charge in [-0.05, 0) is 68.5 Å². The van der Waals surface area contributed by atoms with Crippen molar-refractivity contribution in [3.8, 4) is 10.4 Å². The lowest BCUT2D eigenvalue weighted by molar-refractivity contribution is 0.0728. The molecule has 0 bridgehead atoms. The molecule has 5 nitrogen and oxygen atoms in total. The summed E-state index contributed by atoms with van der Waals surface area (Å²) in [7, 11) is 0. The van der Waals surface area contributed by atoms with Gasteiger partial charge in [-0.15, -0.1) is 11.3 Å². The van der Waals surface area contributed by atoms with Crippen LogP contribution in [0.4, 0.5) is 0 Å². The zero-order valence-corrected chi connectivity index (χ0v) is 20.7. The largest absolute Gasteiger partial charge is 0.340 e. The van der Waals surface area contributed by atoms with Crippen molar-refractivity contribution in [1.29, 1.82) is 0 Å². The van der Waals surface area contributed by atoms with E-state index in [-0.39, 0.29) is 11.9 Å². The average Bonchev–Trinajstić information content (AvgIpc) is 3.48. The van der Waals surface area contributed by atoms with Crippen LogP contribution >= 0.6 is 22.9 Å². The Kier molecular flexibility index (Phi) is 5.38. The Bertz CT molecular complexity index is 1430. The molecule has 1 aliphatic rings. The number of aryl methyl sites for hydroxylation is 4. The molecule has 1 saturated heterocycles. The van der Waals surface area contributed by atoms with Gasteiger partial charge >= 0.3 is 0 Å². The van der Waals surface area contributed by atoms with Crippen LogP contribution in [0.5, 0.6) is 0 Å². The number of likely N-dealkylation sites (tertiary alicyclic amines) is 1. The molecule has 168 valence electrons. The third kappa shape index (κ3) is 3.77. The number of carbonyl (C=O) groups excluding carboxylic acids is 1. The molecule has 2 aromatic heterocycles. The maximum Gasteiger partial charge on any atom is 0.274 e. The topological polar surface area (TPSA) is 61.9 Å². The standard InChI is InChI=1S/C26H25ClN4OS/c1-13-10-21(25-29-20-9-8-19(27)16(4)22(20)30-25)31(12-13)26(32)23-24(33-17(5)28-23)18-7-6-14(2)15(3)11-18/h6-9,11,21H,1,10,12H2,2-5H3,(H,29,30)/t21-/m0/s1. The van der Waals surface area contributed by atoms with E-state index in [1.54, 1.807) is 11.3 Å². The number of amides is 1. The number of nitrogens with zero attached hydrogens (tertiary/aromatic N) is 3. The van der Waals surface area contributed by atoms with E-state index in [0.29, 0.717) is 23.7 Å². The summed E-state index contributed by atoms with van der Waals surface area (Å²) < 4.78 is 0. The van der Waals surface area contributed by atoms with Crippen LogP contribution < -0.4 is 0 Å². The molecule has 1 fully saturated rings. The molecule has 33 heavy (non-hydrogen) atoms. The summed E-state index contributed by atoms with van der Waals surface area (Å²) in [4.78, 5) is 29.5. The minimum atomic E-state index is -0.217. The van der Waals surface area contributed by atoms with Gasteiger partial charge in [-0.2, -0.15) is 0 Å². The summed E-state index contributed by atoms with van der Waals surface area (Å²) >= 11 is 7.85. The van der Waals surface area contributed by atoms with Crippen molar-refractivity contribution in [3.63, 3.8) is 0 Å². The maximum atomic E-state index is 13.8. The van der Waals surface area contributed by atoms with Crippen molar-refractivity contribution in [3.05, 3.63) is 80.7 Å². The maximum absolute atomic E-state index is 13.8. The fourth-order valence-corrected chi connectivity index (χ4v) is 5.47. The quantitative estimate of drug-likeness (QED) is 0.334. The van der Waals surface area contributed by atoms with Gasteiger partial charge in [0.05, 0.1) is 27.0 Å². The van der Waals surface area contributed by atoms with Crippen LogP contribution in [-0.4, -0.2) is 32.3 Å². The molecule has 7 heteroatoms. The first-order valence-corrected chi connectivity index (χ1v) is 12.1. The molecule has 4 aromatic rings. The van der Waals surface area contributed by atoms with E-state index in [1.807, 2.05) is 30.9 Å². The Morgan fingerprint density at radius 3 is 2.70 bits per heavy atom. The molecule has 0 saturated carbocycles. The van der Waals surface area contributed by atoms with Crippen molar-refractivity contribution < 1.29 is 4.79 Å². The zero-order valence-electron chi connectivity index (χ0n) is 19.1. The van der Waals surface area contributed by atoms with Crippen LogP contribution in [0.3, 0.4) is 0 Å². The lowest BCUT2D eigenvalue weighted by Gasteiger charge is -2.22. The van der Waals surface area contributed by atoms with E-state index in [9.17, 15) is 4.79 Å². The normalized spacial score (nSPS) is 16.2. The second-order valence-electron chi connectivity index (χ2n) is 8.80. The van der Waals surface area contributed by atoms with E-state index in [4.69, 9.17) is 16.6 Å². The van der Waals surface area contributed by atoms with E-state index < -0.39 is 0 Å². The number of aromatic amines is 1. The van der Waals surface area contributed by atoms with Crippen molar-refractivity contribution in [2.45, 2.75) is 40.2 Å². The number of hydrogen-bond donors (Lipinski definition) is 1. The molecule has 0 aliphatic carbocycles. The summed E-state index contributed by atoms with van der Waals surface area (Å²) in [5.74, 6) is 0.661. The number of hydrogen-bond acceptors (Lipinski definition) is 4. The third-order valence-corrected chi connectivity index (χ3v) is 7.82. The Morgan fingerprint density at radius 1 is 1.15 bits per heavy atom. The van der Waals surface area contributed by atoms with Gasteiger partial charge in [0.15, 0.2) is 0 Å². The van der Waals surface area contributed by atoms with Crippen LogP contribution in [0.25, 0.3) is 21.5 Å². The molecule has 3 heterocycles. The van der Waals surface area contributed by atoms with E-state index >= 15 is 0 Å². The lowest BCUT2D eigenvalue weighted by Crippen LogP contribution is -2.31. The second-order valence-corrected chi connectivity index (χ2v) is 10.4. The first-order valence-electron chi connectivity index (χ1n) is 10.9. The average molecular weight is 477 g/mol. The highest BCUT2D eigenvalue weighted by molar-refractivity contribution is 7.15. The van der Waals surface area contributed by atoms with Gasteiger partial charge in [0.2, 0.25) is 0 Å². The van der Waals surface area contributed by atoms with Gasteiger partial charge in [-0.25, -0.2) is 9.97 Å². The molecule has 1 amide bonds. The van der Waals surface area contributed by atoms with Crippen molar-refractivity contribution in [2.75, 3.05) is 6.54 Å². The highest BCUT2D eigenvalue weighted by Gasteiger charge is 2.37.